The summed E-state index contributed by atoms with van der Waals surface area (Å²) in [5, 5.41) is 8.86. The number of carbonyl (C=O) groups is 1. The first-order valence-electron chi connectivity index (χ1n) is 5.00. The largest absolute Gasteiger partial charge is 0.462 e. The lowest BCUT2D eigenvalue weighted by Crippen LogP contribution is -2.14. The van der Waals surface area contributed by atoms with Crippen LogP contribution in [0.2, 0.25) is 0 Å². The lowest BCUT2D eigenvalue weighted by Gasteiger charge is -2.11. The van der Waals surface area contributed by atoms with Gasteiger partial charge in [-0.05, 0) is 18.6 Å². The SMILES string of the molecule is CCOC(=O)c1c(CBr)cc(C#N)nc1C(F)F. The molecule has 0 amide bonds. The van der Waals surface area contributed by atoms with Crippen molar-refractivity contribution in [2.45, 2.75) is 18.7 Å². The Labute approximate surface area is 111 Å². The molecular formula is C11H9BrF2N2O2. The number of halogens is 3. The number of rotatable bonds is 4. The zero-order chi connectivity index (χ0) is 13.7. The monoisotopic (exact) mass is 318 g/mol. The summed E-state index contributed by atoms with van der Waals surface area (Å²) in [6.45, 7) is 1.65. The average molecular weight is 319 g/mol. The lowest BCUT2D eigenvalue weighted by molar-refractivity contribution is 0.0512. The molecule has 0 aliphatic carbocycles. The van der Waals surface area contributed by atoms with Gasteiger partial charge in [-0.25, -0.2) is 18.6 Å². The van der Waals surface area contributed by atoms with Crippen LogP contribution in [0, 0.1) is 11.3 Å². The summed E-state index contributed by atoms with van der Waals surface area (Å²) >= 11 is 3.08. The standard InChI is InChI=1S/C11H9BrF2N2O2/c1-2-18-11(17)8-6(4-12)3-7(5-15)16-9(8)10(13)14/h3,10H,2,4H2,1H3. The molecule has 1 aromatic rings. The van der Waals surface area contributed by atoms with Crippen molar-refractivity contribution in [3.05, 3.63) is 28.6 Å². The first-order valence-corrected chi connectivity index (χ1v) is 6.12. The number of alkyl halides is 3. The maximum atomic E-state index is 12.9. The Morgan fingerprint density at radius 2 is 2.33 bits per heavy atom. The summed E-state index contributed by atoms with van der Waals surface area (Å²) in [7, 11) is 0. The highest BCUT2D eigenvalue weighted by Crippen LogP contribution is 2.26. The highest BCUT2D eigenvalue weighted by molar-refractivity contribution is 9.08. The molecule has 4 nitrogen and oxygen atoms in total. The molecule has 0 aromatic carbocycles. The van der Waals surface area contributed by atoms with Gasteiger partial charge in [0.1, 0.15) is 17.5 Å². The second-order valence-corrected chi connectivity index (χ2v) is 3.75. The molecule has 0 N–H and O–H groups in total. The molecule has 0 atom stereocenters. The molecule has 0 aliphatic rings. The van der Waals surface area contributed by atoms with Gasteiger partial charge < -0.3 is 4.74 Å². The van der Waals surface area contributed by atoms with Crippen LogP contribution in [0.4, 0.5) is 8.78 Å². The second-order valence-electron chi connectivity index (χ2n) is 3.19. The Morgan fingerprint density at radius 3 is 2.78 bits per heavy atom. The number of aromatic nitrogens is 1. The van der Waals surface area contributed by atoms with Gasteiger partial charge in [0.15, 0.2) is 0 Å². The van der Waals surface area contributed by atoms with Crippen molar-refractivity contribution in [2.24, 2.45) is 0 Å². The highest BCUT2D eigenvalue weighted by atomic mass is 79.9. The van der Waals surface area contributed by atoms with Crippen molar-refractivity contribution in [3.63, 3.8) is 0 Å². The summed E-state index contributed by atoms with van der Waals surface area (Å²) < 4.78 is 30.5. The van der Waals surface area contributed by atoms with Crippen LogP contribution in [0.3, 0.4) is 0 Å². The summed E-state index contributed by atoms with van der Waals surface area (Å²) in [5.74, 6) is -0.862. The molecule has 0 aliphatic heterocycles. The highest BCUT2D eigenvalue weighted by Gasteiger charge is 2.25. The topological polar surface area (TPSA) is 63.0 Å². The Hall–Kier alpha value is -1.55. The van der Waals surface area contributed by atoms with Gasteiger partial charge in [-0.15, -0.1) is 0 Å². The molecule has 0 spiro atoms. The fourth-order valence-corrected chi connectivity index (χ4v) is 1.82. The maximum absolute atomic E-state index is 12.9. The van der Waals surface area contributed by atoms with Crippen LogP contribution in [0.5, 0.6) is 0 Å². The Bertz CT molecular complexity index is 501. The molecular weight excluding hydrogens is 310 g/mol. The van der Waals surface area contributed by atoms with Crippen LogP contribution in [0.1, 0.15) is 40.7 Å². The normalized spacial score (nSPS) is 10.2. The number of ether oxygens (including phenoxy) is 1. The first-order chi connectivity index (χ1) is 8.54. The van der Waals surface area contributed by atoms with E-state index in [1.54, 1.807) is 13.0 Å². The van der Waals surface area contributed by atoms with Gasteiger partial charge in [-0.3, -0.25) is 0 Å². The predicted molar refractivity (Wildman–Crippen MR) is 62.5 cm³/mol. The number of pyridine rings is 1. The zero-order valence-corrected chi connectivity index (χ0v) is 11.0. The van der Waals surface area contributed by atoms with Crippen LogP contribution in [0.25, 0.3) is 0 Å². The van der Waals surface area contributed by atoms with E-state index in [9.17, 15) is 13.6 Å². The average Bonchev–Trinajstić information content (AvgIpc) is 2.37. The van der Waals surface area contributed by atoms with Crippen LogP contribution < -0.4 is 0 Å². The van der Waals surface area contributed by atoms with Crippen LogP contribution in [0.15, 0.2) is 6.07 Å². The van der Waals surface area contributed by atoms with Crippen LogP contribution >= 0.6 is 15.9 Å². The van der Waals surface area contributed by atoms with Crippen molar-refractivity contribution >= 4 is 21.9 Å². The van der Waals surface area contributed by atoms with Crippen LogP contribution in [-0.4, -0.2) is 17.6 Å². The van der Waals surface area contributed by atoms with Crippen molar-refractivity contribution < 1.29 is 18.3 Å². The molecule has 7 heteroatoms. The van der Waals surface area contributed by atoms with E-state index in [0.29, 0.717) is 0 Å². The smallest absolute Gasteiger partial charge is 0.340 e. The summed E-state index contributed by atoms with van der Waals surface area (Å²) in [5.41, 5.74) is -0.896. The van der Waals surface area contributed by atoms with E-state index in [1.807, 2.05) is 0 Å². The molecule has 1 rings (SSSR count). The third kappa shape index (κ3) is 3.01. The fourth-order valence-electron chi connectivity index (χ4n) is 1.38. The molecule has 0 saturated heterocycles. The van der Waals surface area contributed by atoms with Gasteiger partial charge in [0.25, 0.3) is 6.43 Å². The molecule has 0 fully saturated rings. The van der Waals surface area contributed by atoms with Gasteiger partial charge in [0.05, 0.1) is 12.2 Å². The van der Waals surface area contributed by atoms with E-state index < -0.39 is 18.1 Å². The van der Waals surface area contributed by atoms with Gasteiger partial charge >= 0.3 is 5.97 Å². The lowest BCUT2D eigenvalue weighted by atomic mass is 10.1. The summed E-state index contributed by atoms with van der Waals surface area (Å²) in [6.07, 6.45) is -2.95. The number of esters is 1. The van der Waals surface area contributed by atoms with Gasteiger partial charge in [0, 0.05) is 5.33 Å². The van der Waals surface area contributed by atoms with Crippen molar-refractivity contribution in [1.82, 2.24) is 4.98 Å². The third-order valence-electron chi connectivity index (χ3n) is 2.07. The molecule has 96 valence electrons. The van der Waals surface area contributed by atoms with E-state index >= 15 is 0 Å². The van der Waals surface area contributed by atoms with E-state index in [4.69, 9.17) is 10.00 Å². The molecule has 1 heterocycles. The number of nitriles is 1. The molecule has 0 saturated carbocycles. The quantitative estimate of drug-likeness (QED) is 0.632. The van der Waals surface area contributed by atoms with E-state index in [-0.39, 0.29) is 28.8 Å². The Balaban J connectivity index is 3.45. The molecule has 18 heavy (non-hydrogen) atoms. The maximum Gasteiger partial charge on any atom is 0.340 e. The molecule has 1 aromatic heterocycles. The minimum Gasteiger partial charge on any atom is -0.462 e. The summed E-state index contributed by atoms with van der Waals surface area (Å²) in [4.78, 5) is 15.1. The fraction of sp³-hybridized carbons (Fsp3) is 0.364. The first kappa shape index (κ1) is 14.5. The zero-order valence-electron chi connectivity index (χ0n) is 9.41. The Kier molecular flexibility index (Phi) is 5.16. The predicted octanol–water partition coefficient (Wildman–Crippen LogP) is 2.96. The molecule has 0 radical (unpaired) electrons. The van der Waals surface area contributed by atoms with Crippen molar-refractivity contribution in [3.8, 4) is 6.07 Å². The Morgan fingerprint density at radius 1 is 1.67 bits per heavy atom. The number of nitrogens with zero attached hydrogens (tertiary/aromatic N) is 2. The van der Waals surface area contributed by atoms with Crippen molar-refractivity contribution in [1.29, 1.82) is 5.26 Å². The minimum absolute atomic E-state index is 0.0727. The van der Waals surface area contributed by atoms with E-state index in [0.717, 1.165) is 0 Å². The number of carbonyl (C=O) groups excluding carboxylic acids is 1. The van der Waals surface area contributed by atoms with Gasteiger partial charge in [-0.2, -0.15) is 5.26 Å². The molecule has 0 unspecified atom stereocenters. The van der Waals surface area contributed by atoms with Crippen LogP contribution in [-0.2, 0) is 10.1 Å². The molecule has 0 bridgehead atoms. The number of hydrogen-bond acceptors (Lipinski definition) is 4. The second kappa shape index (κ2) is 6.40. The minimum atomic E-state index is -2.95. The summed E-state index contributed by atoms with van der Waals surface area (Å²) in [6, 6.07) is 2.96. The van der Waals surface area contributed by atoms with Gasteiger partial charge in [-0.1, -0.05) is 15.9 Å². The van der Waals surface area contributed by atoms with E-state index in [2.05, 4.69) is 20.9 Å². The van der Waals surface area contributed by atoms with Crippen molar-refractivity contribution in [2.75, 3.05) is 6.61 Å². The third-order valence-corrected chi connectivity index (χ3v) is 2.68. The van der Waals surface area contributed by atoms with E-state index in [1.165, 1.54) is 6.07 Å². The number of hydrogen-bond donors (Lipinski definition) is 0. The van der Waals surface area contributed by atoms with Gasteiger partial charge in [0.2, 0.25) is 0 Å².